The number of nitrogens with zero attached hydrogens (tertiary/aromatic N) is 2. The molecule has 2 heterocycles. The van der Waals surface area contributed by atoms with E-state index in [0.29, 0.717) is 16.3 Å². The summed E-state index contributed by atoms with van der Waals surface area (Å²) >= 11 is 1.21. The number of anilines is 1. The fourth-order valence-electron chi connectivity index (χ4n) is 3.35. The molecule has 4 rings (SSSR count). The first-order valence-corrected chi connectivity index (χ1v) is 10.4. The molecule has 31 heavy (non-hydrogen) atoms. The average Bonchev–Trinajstić information content (AvgIpc) is 3.27. The zero-order valence-corrected chi connectivity index (χ0v) is 18.0. The normalized spacial score (nSPS) is 11.0. The SMILES string of the molecule is Cc1cc(C)cc(NC(=O)COC(=O)c2cc3c(C)nn(-c4ccc(F)cc4)c3s2)c1. The number of halogens is 1. The molecule has 1 amide bonds. The maximum atomic E-state index is 13.2. The first kappa shape index (κ1) is 20.7. The van der Waals surface area contributed by atoms with Crippen molar-refractivity contribution < 1.29 is 18.7 Å². The number of hydrogen-bond donors (Lipinski definition) is 1. The van der Waals surface area contributed by atoms with Gasteiger partial charge in [0.05, 0.1) is 11.4 Å². The van der Waals surface area contributed by atoms with Gasteiger partial charge in [0.1, 0.15) is 15.5 Å². The summed E-state index contributed by atoms with van der Waals surface area (Å²) < 4.78 is 20.1. The first-order chi connectivity index (χ1) is 14.8. The van der Waals surface area contributed by atoms with Crippen molar-refractivity contribution in [2.45, 2.75) is 20.8 Å². The lowest BCUT2D eigenvalue weighted by molar-refractivity contribution is -0.119. The van der Waals surface area contributed by atoms with Crippen LogP contribution in [0.3, 0.4) is 0 Å². The van der Waals surface area contributed by atoms with E-state index in [4.69, 9.17) is 4.74 Å². The van der Waals surface area contributed by atoms with Gasteiger partial charge in [0.25, 0.3) is 5.91 Å². The van der Waals surface area contributed by atoms with Gasteiger partial charge in [-0.25, -0.2) is 13.9 Å². The van der Waals surface area contributed by atoms with Gasteiger partial charge in [-0.1, -0.05) is 6.07 Å². The van der Waals surface area contributed by atoms with E-state index in [-0.39, 0.29) is 12.4 Å². The lowest BCUT2D eigenvalue weighted by atomic mass is 10.1. The Kier molecular flexibility index (Phi) is 5.56. The summed E-state index contributed by atoms with van der Waals surface area (Å²) in [5.74, 6) is -1.33. The minimum atomic E-state index is -0.582. The lowest BCUT2D eigenvalue weighted by Crippen LogP contribution is -2.20. The predicted molar refractivity (Wildman–Crippen MR) is 118 cm³/mol. The highest BCUT2D eigenvalue weighted by atomic mass is 32.1. The van der Waals surface area contributed by atoms with Crippen molar-refractivity contribution in [3.8, 4) is 5.69 Å². The molecule has 2 aromatic heterocycles. The van der Waals surface area contributed by atoms with Gasteiger partial charge < -0.3 is 10.1 Å². The summed E-state index contributed by atoms with van der Waals surface area (Å²) in [6, 6.07) is 13.4. The molecule has 0 radical (unpaired) electrons. The minimum Gasteiger partial charge on any atom is -0.451 e. The van der Waals surface area contributed by atoms with E-state index in [9.17, 15) is 14.0 Å². The third-order valence-electron chi connectivity index (χ3n) is 4.66. The van der Waals surface area contributed by atoms with Crippen LogP contribution in [0.5, 0.6) is 0 Å². The number of rotatable bonds is 5. The summed E-state index contributed by atoms with van der Waals surface area (Å²) in [6.45, 7) is 5.34. The lowest BCUT2D eigenvalue weighted by Gasteiger charge is -2.08. The highest BCUT2D eigenvalue weighted by molar-refractivity contribution is 7.20. The molecule has 158 valence electrons. The zero-order valence-electron chi connectivity index (χ0n) is 17.2. The fourth-order valence-corrected chi connectivity index (χ4v) is 4.43. The van der Waals surface area contributed by atoms with E-state index in [2.05, 4.69) is 10.4 Å². The second-order valence-corrected chi connectivity index (χ2v) is 8.33. The third kappa shape index (κ3) is 4.49. The molecule has 0 saturated heterocycles. The molecule has 0 spiro atoms. The molecule has 0 aliphatic carbocycles. The Hall–Kier alpha value is -3.52. The number of amides is 1. The average molecular weight is 437 g/mol. The van der Waals surface area contributed by atoms with Crippen LogP contribution in [0.4, 0.5) is 10.1 Å². The van der Waals surface area contributed by atoms with E-state index in [1.165, 1.54) is 23.5 Å². The zero-order chi connectivity index (χ0) is 22.1. The van der Waals surface area contributed by atoms with Gasteiger partial charge >= 0.3 is 5.97 Å². The van der Waals surface area contributed by atoms with Crippen LogP contribution in [-0.2, 0) is 9.53 Å². The molecule has 2 aromatic carbocycles. The molecule has 0 aliphatic rings. The highest BCUT2D eigenvalue weighted by Crippen LogP contribution is 2.31. The monoisotopic (exact) mass is 437 g/mol. The standard InChI is InChI=1S/C23H20FN3O3S/c1-13-8-14(2)10-17(9-13)25-21(28)12-30-23(29)20-11-19-15(3)26-27(22(19)31-20)18-6-4-16(24)5-7-18/h4-11H,12H2,1-3H3,(H,25,28). The van der Waals surface area contributed by atoms with Crippen LogP contribution in [0.25, 0.3) is 15.9 Å². The minimum absolute atomic E-state index is 0.335. The molecule has 8 heteroatoms. The Morgan fingerprint density at radius 1 is 1.06 bits per heavy atom. The number of nitrogens with one attached hydrogen (secondary N) is 1. The van der Waals surface area contributed by atoms with Crippen molar-refractivity contribution in [1.29, 1.82) is 0 Å². The van der Waals surface area contributed by atoms with E-state index in [0.717, 1.165) is 27.0 Å². The van der Waals surface area contributed by atoms with Crippen LogP contribution in [0.2, 0.25) is 0 Å². The molecular weight excluding hydrogens is 417 g/mol. The maximum Gasteiger partial charge on any atom is 0.348 e. The molecule has 0 bridgehead atoms. The number of aromatic nitrogens is 2. The van der Waals surface area contributed by atoms with Gasteiger partial charge in [-0.05, 0) is 74.4 Å². The number of carbonyl (C=O) groups excluding carboxylic acids is 2. The number of aryl methyl sites for hydroxylation is 3. The highest BCUT2D eigenvalue weighted by Gasteiger charge is 2.19. The van der Waals surface area contributed by atoms with Crippen molar-refractivity contribution >= 4 is 39.1 Å². The van der Waals surface area contributed by atoms with Gasteiger partial charge in [-0.2, -0.15) is 5.10 Å². The van der Waals surface area contributed by atoms with Crippen molar-refractivity contribution in [2.24, 2.45) is 0 Å². The Morgan fingerprint density at radius 2 is 1.74 bits per heavy atom. The number of benzene rings is 2. The third-order valence-corrected chi connectivity index (χ3v) is 5.75. The number of fused-ring (bicyclic) bond motifs is 1. The molecule has 6 nitrogen and oxygen atoms in total. The van der Waals surface area contributed by atoms with Crippen LogP contribution < -0.4 is 5.32 Å². The van der Waals surface area contributed by atoms with Gasteiger partial charge in [0.15, 0.2) is 6.61 Å². The van der Waals surface area contributed by atoms with E-state index < -0.39 is 11.9 Å². The topological polar surface area (TPSA) is 73.2 Å². The second kappa shape index (κ2) is 8.31. The molecule has 0 saturated carbocycles. The van der Waals surface area contributed by atoms with Crippen LogP contribution in [0, 0.1) is 26.6 Å². The predicted octanol–water partition coefficient (Wildman–Crippen LogP) is 4.95. The smallest absolute Gasteiger partial charge is 0.348 e. The number of carbonyl (C=O) groups is 2. The number of ether oxygens (including phenoxy) is 1. The summed E-state index contributed by atoms with van der Waals surface area (Å²) in [5.41, 5.74) is 4.15. The van der Waals surface area contributed by atoms with Crippen LogP contribution in [0.1, 0.15) is 26.5 Å². The Balaban J connectivity index is 1.47. The van der Waals surface area contributed by atoms with Crippen molar-refractivity contribution in [2.75, 3.05) is 11.9 Å². The van der Waals surface area contributed by atoms with E-state index >= 15 is 0 Å². The van der Waals surface area contributed by atoms with E-state index in [1.54, 1.807) is 22.9 Å². The molecular formula is C23H20FN3O3S. The fraction of sp³-hybridized carbons (Fsp3) is 0.174. The summed E-state index contributed by atoms with van der Waals surface area (Å²) in [6.07, 6.45) is 0. The van der Waals surface area contributed by atoms with Gasteiger partial charge in [-0.15, -0.1) is 11.3 Å². The molecule has 4 aromatic rings. The Labute approximate surface area is 182 Å². The van der Waals surface area contributed by atoms with Crippen molar-refractivity contribution in [3.05, 3.63) is 76.0 Å². The van der Waals surface area contributed by atoms with Crippen LogP contribution in [0.15, 0.2) is 48.5 Å². The maximum absolute atomic E-state index is 13.2. The number of hydrogen-bond acceptors (Lipinski definition) is 5. The Bertz CT molecular complexity index is 1270. The van der Waals surface area contributed by atoms with Crippen molar-refractivity contribution in [3.63, 3.8) is 0 Å². The summed E-state index contributed by atoms with van der Waals surface area (Å²) in [7, 11) is 0. The number of esters is 1. The van der Waals surface area contributed by atoms with Crippen LogP contribution >= 0.6 is 11.3 Å². The largest absolute Gasteiger partial charge is 0.451 e. The summed E-state index contributed by atoms with van der Waals surface area (Å²) in [4.78, 5) is 25.8. The quantitative estimate of drug-likeness (QED) is 0.449. The molecule has 0 fully saturated rings. The van der Waals surface area contributed by atoms with Gasteiger partial charge in [0, 0.05) is 11.1 Å². The second-order valence-electron chi connectivity index (χ2n) is 7.30. The van der Waals surface area contributed by atoms with Gasteiger partial charge in [-0.3, -0.25) is 4.79 Å². The van der Waals surface area contributed by atoms with Crippen molar-refractivity contribution in [1.82, 2.24) is 9.78 Å². The van der Waals surface area contributed by atoms with E-state index in [1.807, 2.05) is 39.0 Å². The Morgan fingerprint density at radius 3 is 2.42 bits per heavy atom. The summed E-state index contributed by atoms with van der Waals surface area (Å²) in [5, 5.41) is 8.02. The van der Waals surface area contributed by atoms with Crippen LogP contribution in [-0.4, -0.2) is 28.3 Å². The first-order valence-electron chi connectivity index (χ1n) is 9.60. The molecule has 1 N–H and O–H groups in total. The number of thiophene rings is 1. The molecule has 0 aliphatic heterocycles. The van der Waals surface area contributed by atoms with Gasteiger partial charge in [0.2, 0.25) is 0 Å². The molecule has 0 atom stereocenters. The molecule has 0 unspecified atom stereocenters.